The summed E-state index contributed by atoms with van der Waals surface area (Å²) in [5.41, 5.74) is 9.62. The second kappa shape index (κ2) is 6.02. The van der Waals surface area contributed by atoms with Gasteiger partial charge in [-0.25, -0.2) is 0 Å². The first-order chi connectivity index (χ1) is 12.0. The molecule has 1 aromatic carbocycles. The lowest BCUT2D eigenvalue weighted by molar-refractivity contribution is 0.0729. The quantitative estimate of drug-likeness (QED) is 0.854. The van der Waals surface area contributed by atoms with Crippen molar-refractivity contribution in [2.24, 2.45) is 11.7 Å². The number of carbonyl (C=O) groups is 2. The highest BCUT2D eigenvalue weighted by Crippen LogP contribution is 2.33. The van der Waals surface area contributed by atoms with Crippen molar-refractivity contribution < 1.29 is 9.59 Å². The fraction of sp³-hybridized carbons (Fsp3) is 0.368. The molecule has 0 bridgehead atoms. The molecule has 1 aromatic heterocycles. The van der Waals surface area contributed by atoms with Crippen molar-refractivity contribution in [1.82, 2.24) is 9.47 Å². The Labute approximate surface area is 154 Å². The summed E-state index contributed by atoms with van der Waals surface area (Å²) in [6.07, 6.45) is 5.35. The molecule has 0 spiro atoms. The van der Waals surface area contributed by atoms with Crippen LogP contribution in [0.3, 0.4) is 0 Å². The van der Waals surface area contributed by atoms with Gasteiger partial charge in [0.1, 0.15) is 0 Å². The molecule has 25 heavy (non-hydrogen) atoms. The van der Waals surface area contributed by atoms with Crippen LogP contribution in [0, 0.1) is 12.8 Å². The number of aromatic nitrogens is 1. The van der Waals surface area contributed by atoms with Crippen molar-refractivity contribution in [2.75, 3.05) is 13.1 Å². The topological polar surface area (TPSA) is 68.3 Å². The number of primary amides is 1. The van der Waals surface area contributed by atoms with Crippen LogP contribution in [0.5, 0.6) is 0 Å². The molecular formula is C19H20BrN3O2. The number of halogens is 1. The molecule has 1 saturated carbocycles. The van der Waals surface area contributed by atoms with Crippen LogP contribution in [-0.2, 0) is 6.42 Å². The van der Waals surface area contributed by atoms with Gasteiger partial charge in [-0.05, 0) is 65.4 Å². The van der Waals surface area contributed by atoms with E-state index in [1.54, 1.807) is 6.07 Å². The molecule has 1 fully saturated rings. The number of aryl methyl sites for hydroxylation is 1. The number of fused-ring (bicyclic) bond motifs is 1. The number of benzene rings is 1. The van der Waals surface area contributed by atoms with Crippen molar-refractivity contribution in [2.45, 2.75) is 26.2 Å². The summed E-state index contributed by atoms with van der Waals surface area (Å²) < 4.78 is 2.72. The molecule has 0 unspecified atom stereocenters. The third-order valence-electron chi connectivity index (χ3n) is 5.09. The maximum atomic E-state index is 12.9. The maximum Gasteiger partial charge on any atom is 0.255 e. The molecule has 2 aromatic rings. The van der Waals surface area contributed by atoms with E-state index in [2.05, 4.69) is 20.5 Å². The van der Waals surface area contributed by atoms with Crippen LogP contribution < -0.4 is 5.73 Å². The molecule has 2 N–H and O–H groups in total. The molecule has 0 saturated heterocycles. The lowest BCUT2D eigenvalue weighted by Gasteiger charge is -2.28. The Morgan fingerprint density at radius 3 is 2.76 bits per heavy atom. The van der Waals surface area contributed by atoms with Crippen molar-refractivity contribution in [3.05, 3.63) is 51.3 Å². The van der Waals surface area contributed by atoms with Gasteiger partial charge in [0.25, 0.3) is 5.91 Å². The normalized spacial score (nSPS) is 16.9. The number of rotatable bonds is 4. The number of amides is 2. The molecule has 6 heteroatoms. The minimum atomic E-state index is -0.463. The van der Waals surface area contributed by atoms with Gasteiger partial charge in [0.2, 0.25) is 5.91 Å². The highest BCUT2D eigenvalue weighted by Gasteiger charge is 2.33. The zero-order valence-corrected chi connectivity index (χ0v) is 15.7. The standard InChI is InChI=1S/C19H20BrN3O2/c1-11-9-23(13-4-5-14(18(21)24)15(20)8-13)16-6-7-22(10-12-2-3-12)19(25)17(11)16/h4-5,8-9,12H,2-3,6-7,10H2,1H3,(H2,21,24). The number of hydrogen-bond donors (Lipinski definition) is 1. The Kier molecular flexibility index (Phi) is 3.95. The Bertz CT molecular complexity index is 883. The SMILES string of the molecule is Cc1cn(-c2ccc(C(N)=O)c(Br)c2)c2c1C(=O)N(CC1CC1)CC2. The van der Waals surface area contributed by atoms with Crippen LogP contribution in [0.25, 0.3) is 5.69 Å². The van der Waals surface area contributed by atoms with Crippen LogP contribution in [0.1, 0.15) is 44.8 Å². The molecule has 5 nitrogen and oxygen atoms in total. The zero-order chi connectivity index (χ0) is 17.7. The third kappa shape index (κ3) is 2.88. The maximum absolute atomic E-state index is 12.9. The summed E-state index contributed by atoms with van der Waals surface area (Å²) in [6.45, 7) is 3.65. The fourth-order valence-electron chi connectivity index (χ4n) is 3.59. The lowest BCUT2D eigenvalue weighted by atomic mass is 10.0. The second-order valence-corrected chi connectivity index (χ2v) is 7.83. The van der Waals surface area contributed by atoms with Crippen LogP contribution in [0.2, 0.25) is 0 Å². The number of nitrogens with two attached hydrogens (primary N) is 1. The molecule has 1 aliphatic carbocycles. The van der Waals surface area contributed by atoms with Crippen LogP contribution >= 0.6 is 15.9 Å². The minimum absolute atomic E-state index is 0.150. The lowest BCUT2D eigenvalue weighted by Crippen LogP contribution is -2.39. The van der Waals surface area contributed by atoms with Gasteiger partial charge in [0.05, 0.1) is 11.1 Å². The summed E-state index contributed by atoms with van der Waals surface area (Å²) in [6, 6.07) is 5.46. The molecule has 2 aliphatic rings. The molecule has 130 valence electrons. The number of carbonyl (C=O) groups excluding carboxylic acids is 2. The van der Waals surface area contributed by atoms with Gasteiger partial charge in [-0.3, -0.25) is 9.59 Å². The van der Waals surface area contributed by atoms with Crippen LogP contribution in [-0.4, -0.2) is 34.4 Å². The Morgan fingerprint density at radius 1 is 1.36 bits per heavy atom. The van der Waals surface area contributed by atoms with E-state index in [1.165, 1.54) is 12.8 Å². The highest BCUT2D eigenvalue weighted by molar-refractivity contribution is 9.10. The van der Waals surface area contributed by atoms with E-state index in [9.17, 15) is 9.59 Å². The van der Waals surface area contributed by atoms with Crippen LogP contribution in [0.4, 0.5) is 0 Å². The molecule has 0 radical (unpaired) electrons. The summed E-state index contributed by atoms with van der Waals surface area (Å²) in [4.78, 5) is 26.3. The van der Waals surface area contributed by atoms with Crippen molar-refractivity contribution >= 4 is 27.7 Å². The molecular weight excluding hydrogens is 382 g/mol. The highest BCUT2D eigenvalue weighted by atomic mass is 79.9. The van der Waals surface area contributed by atoms with Crippen molar-refractivity contribution in [1.29, 1.82) is 0 Å². The largest absolute Gasteiger partial charge is 0.366 e. The molecule has 2 heterocycles. The van der Waals surface area contributed by atoms with E-state index in [4.69, 9.17) is 5.73 Å². The summed E-state index contributed by atoms with van der Waals surface area (Å²) in [5.74, 6) is 0.387. The zero-order valence-electron chi connectivity index (χ0n) is 14.1. The average molecular weight is 402 g/mol. The van der Waals surface area contributed by atoms with Gasteiger partial charge in [0.15, 0.2) is 0 Å². The van der Waals surface area contributed by atoms with Gasteiger partial charge >= 0.3 is 0 Å². The first-order valence-electron chi connectivity index (χ1n) is 8.55. The smallest absolute Gasteiger partial charge is 0.255 e. The van der Waals surface area contributed by atoms with Crippen molar-refractivity contribution in [3.8, 4) is 5.69 Å². The van der Waals surface area contributed by atoms with Gasteiger partial charge in [-0.15, -0.1) is 0 Å². The summed E-state index contributed by atoms with van der Waals surface area (Å²) in [5, 5.41) is 0. The molecule has 4 rings (SSSR count). The summed E-state index contributed by atoms with van der Waals surface area (Å²) in [7, 11) is 0. The third-order valence-corrected chi connectivity index (χ3v) is 5.74. The first-order valence-corrected chi connectivity index (χ1v) is 9.35. The van der Waals surface area contributed by atoms with E-state index in [1.807, 2.05) is 30.2 Å². The predicted octanol–water partition coefficient (Wildman–Crippen LogP) is 3.06. The molecule has 1 aliphatic heterocycles. The fourth-order valence-corrected chi connectivity index (χ4v) is 4.15. The Morgan fingerprint density at radius 2 is 2.12 bits per heavy atom. The van der Waals surface area contributed by atoms with Gasteiger partial charge in [0, 0.05) is 41.6 Å². The van der Waals surface area contributed by atoms with Gasteiger partial charge < -0.3 is 15.2 Å². The number of nitrogens with zero attached hydrogens (tertiary/aromatic N) is 2. The Balaban J connectivity index is 1.71. The second-order valence-electron chi connectivity index (χ2n) is 6.98. The monoisotopic (exact) mass is 401 g/mol. The van der Waals surface area contributed by atoms with E-state index < -0.39 is 5.91 Å². The van der Waals surface area contributed by atoms with E-state index in [0.29, 0.717) is 16.0 Å². The van der Waals surface area contributed by atoms with Gasteiger partial charge in [-0.2, -0.15) is 0 Å². The van der Waals surface area contributed by atoms with E-state index in [-0.39, 0.29) is 5.91 Å². The predicted molar refractivity (Wildman–Crippen MR) is 99.1 cm³/mol. The minimum Gasteiger partial charge on any atom is -0.366 e. The van der Waals surface area contributed by atoms with Crippen molar-refractivity contribution in [3.63, 3.8) is 0 Å². The average Bonchev–Trinajstić information content (AvgIpc) is 3.31. The van der Waals surface area contributed by atoms with E-state index >= 15 is 0 Å². The van der Waals surface area contributed by atoms with Crippen LogP contribution in [0.15, 0.2) is 28.9 Å². The van der Waals surface area contributed by atoms with E-state index in [0.717, 1.165) is 42.0 Å². The first kappa shape index (κ1) is 16.4. The van der Waals surface area contributed by atoms with Gasteiger partial charge in [-0.1, -0.05) is 0 Å². The molecule has 0 atom stereocenters. The Hall–Kier alpha value is -2.08. The summed E-state index contributed by atoms with van der Waals surface area (Å²) >= 11 is 3.41. The molecule has 2 amide bonds. The number of hydrogen-bond acceptors (Lipinski definition) is 2.